The van der Waals surface area contributed by atoms with E-state index >= 15 is 0 Å². The fourth-order valence-corrected chi connectivity index (χ4v) is 2.20. The summed E-state index contributed by atoms with van der Waals surface area (Å²) >= 11 is 0. The normalized spacial score (nSPS) is 10.5. The van der Waals surface area contributed by atoms with Gasteiger partial charge in [0.25, 0.3) is 0 Å². The lowest BCUT2D eigenvalue weighted by molar-refractivity contribution is 1.01. The predicted molar refractivity (Wildman–Crippen MR) is 78.6 cm³/mol. The highest BCUT2D eigenvalue weighted by molar-refractivity contribution is 5.85. The molecule has 0 aliphatic rings. The van der Waals surface area contributed by atoms with E-state index in [4.69, 9.17) is 11.1 Å². The summed E-state index contributed by atoms with van der Waals surface area (Å²) < 4.78 is 0. The van der Waals surface area contributed by atoms with Crippen molar-refractivity contribution in [1.29, 1.82) is 5.41 Å². The van der Waals surface area contributed by atoms with Crippen molar-refractivity contribution in [2.45, 2.75) is 27.2 Å². The average molecular weight is 254 g/mol. The van der Waals surface area contributed by atoms with Gasteiger partial charge in [0.2, 0.25) is 5.95 Å². The van der Waals surface area contributed by atoms with Crippen molar-refractivity contribution >= 4 is 12.2 Å². The van der Waals surface area contributed by atoms with E-state index in [1.54, 1.807) is 0 Å². The molecule has 4 heteroatoms. The molecule has 4 nitrogen and oxygen atoms in total. The largest absolute Gasteiger partial charge is 0.368 e. The zero-order valence-electron chi connectivity index (χ0n) is 11.5. The van der Waals surface area contributed by atoms with E-state index in [2.05, 4.69) is 9.97 Å². The highest BCUT2D eigenvalue weighted by Crippen LogP contribution is 2.26. The van der Waals surface area contributed by atoms with Crippen LogP contribution in [0, 0.1) is 19.3 Å². The summed E-state index contributed by atoms with van der Waals surface area (Å²) in [4.78, 5) is 8.50. The van der Waals surface area contributed by atoms with Crippen LogP contribution in [-0.2, 0) is 6.42 Å². The molecule has 0 amide bonds. The molecule has 0 bridgehead atoms. The summed E-state index contributed by atoms with van der Waals surface area (Å²) in [6.07, 6.45) is 2.21. The molecule has 0 saturated carbocycles. The van der Waals surface area contributed by atoms with E-state index in [9.17, 15) is 0 Å². The van der Waals surface area contributed by atoms with Gasteiger partial charge in [0.1, 0.15) is 0 Å². The Hall–Kier alpha value is -2.23. The Morgan fingerprint density at radius 2 is 2.00 bits per heavy atom. The number of aryl methyl sites for hydroxylation is 2. The van der Waals surface area contributed by atoms with Crippen LogP contribution in [0.25, 0.3) is 11.3 Å². The molecule has 19 heavy (non-hydrogen) atoms. The van der Waals surface area contributed by atoms with Crippen LogP contribution >= 0.6 is 0 Å². The number of rotatable bonds is 3. The zero-order valence-corrected chi connectivity index (χ0v) is 11.5. The lowest BCUT2D eigenvalue weighted by Crippen LogP contribution is -2.02. The van der Waals surface area contributed by atoms with Crippen molar-refractivity contribution in [3.8, 4) is 11.3 Å². The summed E-state index contributed by atoms with van der Waals surface area (Å²) in [5, 5.41) is 7.52. The molecular weight excluding hydrogens is 236 g/mol. The third-order valence-corrected chi connectivity index (χ3v) is 3.31. The molecule has 1 heterocycles. The maximum Gasteiger partial charge on any atom is 0.220 e. The van der Waals surface area contributed by atoms with Crippen LogP contribution in [0.5, 0.6) is 0 Å². The van der Waals surface area contributed by atoms with E-state index in [0.29, 0.717) is 5.95 Å². The lowest BCUT2D eigenvalue weighted by atomic mass is 9.96. The molecule has 0 radical (unpaired) electrons. The molecular formula is C15H18N4. The zero-order chi connectivity index (χ0) is 14.0. The van der Waals surface area contributed by atoms with Crippen LogP contribution in [0.4, 0.5) is 5.95 Å². The van der Waals surface area contributed by atoms with E-state index in [-0.39, 0.29) is 0 Å². The van der Waals surface area contributed by atoms with Crippen LogP contribution in [-0.4, -0.2) is 16.2 Å². The molecule has 98 valence electrons. The Labute approximate surface area is 113 Å². The third-order valence-electron chi connectivity index (χ3n) is 3.31. The SMILES string of the molecule is CCc1cc(-c2ccc(C)c(C=N)c2C)nc(N)n1. The molecule has 2 aromatic rings. The van der Waals surface area contributed by atoms with Gasteiger partial charge in [0, 0.05) is 17.5 Å². The molecule has 0 atom stereocenters. The van der Waals surface area contributed by atoms with Gasteiger partial charge < -0.3 is 11.1 Å². The number of hydrogen-bond donors (Lipinski definition) is 2. The van der Waals surface area contributed by atoms with Crippen molar-refractivity contribution in [3.05, 3.63) is 40.6 Å². The molecule has 3 N–H and O–H groups in total. The van der Waals surface area contributed by atoms with Crippen LogP contribution in [0.1, 0.15) is 29.3 Å². The van der Waals surface area contributed by atoms with E-state index in [1.165, 1.54) is 6.21 Å². The third kappa shape index (κ3) is 2.47. The molecule has 1 aromatic heterocycles. The standard InChI is InChI=1S/C15H18N4/c1-4-11-7-14(19-15(17)18-11)12-6-5-9(2)13(8-16)10(12)3/h5-8,16H,4H2,1-3H3,(H2,17,18,19). The van der Waals surface area contributed by atoms with Crippen molar-refractivity contribution in [1.82, 2.24) is 9.97 Å². The molecule has 0 saturated heterocycles. The molecule has 1 aromatic carbocycles. The van der Waals surface area contributed by atoms with Gasteiger partial charge >= 0.3 is 0 Å². The maximum atomic E-state index is 7.52. The Morgan fingerprint density at radius 3 is 2.63 bits per heavy atom. The second-order valence-electron chi connectivity index (χ2n) is 4.57. The van der Waals surface area contributed by atoms with Crippen molar-refractivity contribution < 1.29 is 0 Å². The summed E-state index contributed by atoms with van der Waals surface area (Å²) in [5.74, 6) is 0.297. The number of anilines is 1. The molecule has 0 fully saturated rings. The predicted octanol–water partition coefficient (Wildman–Crippen LogP) is 2.90. The minimum atomic E-state index is 0.297. The summed E-state index contributed by atoms with van der Waals surface area (Å²) in [6.45, 7) is 6.05. The lowest BCUT2D eigenvalue weighted by Gasteiger charge is -2.11. The first-order valence-corrected chi connectivity index (χ1v) is 6.31. The molecule has 0 spiro atoms. The van der Waals surface area contributed by atoms with Crippen LogP contribution < -0.4 is 5.73 Å². The van der Waals surface area contributed by atoms with Gasteiger partial charge in [0.05, 0.1) is 5.69 Å². The molecule has 0 unspecified atom stereocenters. The maximum absolute atomic E-state index is 7.52. The van der Waals surface area contributed by atoms with Crippen molar-refractivity contribution in [3.63, 3.8) is 0 Å². The summed E-state index contributed by atoms with van der Waals surface area (Å²) in [6, 6.07) is 5.99. The number of benzene rings is 1. The van der Waals surface area contributed by atoms with Gasteiger partial charge in [-0.15, -0.1) is 0 Å². The number of nitrogens with one attached hydrogen (secondary N) is 1. The van der Waals surface area contributed by atoms with Crippen LogP contribution in [0.15, 0.2) is 18.2 Å². The molecule has 0 aliphatic carbocycles. The number of hydrogen-bond acceptors (Lipinski definition) is 4. The van der Waals surface area contributed by atoms with Crippen molar-refractivity contribution in [2.75, 3.05) is 5.73 Å². The Kier molecular flexibility index (Phi) is 3.60. The first kappa shape index (κ1) is 13.2. The fourth-order valence-electron chi connectivity index (χ4n) is 2.20. The van der Waals surface area contributed by atoms with E-state index in [1.807, 2.05) is 39.0 Å². The van der Waals surface area contributed by atoms with Gasteiger partial charge in [-0.1, -0.05) is 19.1 Å². The van der Waals surface area contributed by atoms with Gasteiger partial charge in [-0.2, -0.15) is 0 Å². The highest BCUT2D eigenvalue weighted by atomic mass is 15.0. The number of nitrogens with zero attached hydrogens (tertiary/aromatic N) is 2. The van der Waals surface area contributed by atoms with Gasteiger partial charge in [-0.3, -0.25) is 0 Å². The first-order valence-electron chi connectivity index (χ1n) is 6.31. The summed E-state index contributed by atoms with van der Waals surface area (Å²) in [7, 11) is 0. The smallest absolute Gasteiger partial charge is 0.220 e. The van der Waals surface area contributed by atoms with Gasteiger partial charge in [0.15, 0.2) is 0 Å². The highest BCUT2D eigenvalue weighted by Gasteiger charge is 2.10. The second-order valence-corrected chi connectivity index (χ2v) is 4.57. The quantitative estimate of drug-likeness (QED) is 0.827. The van der Waals surface area contributed by atoms with E-state index in [0.717, 1.165) is 40.1 Å². The minimum Gasteiger partial charge on any atom is -0.368 e. The van der Waals surface area contributed by atoms with Gasteiger partial charge in [-0.25, -0.2) is 9.97 Å². The monoisotopic (exact) mass is 254 g/mol. The fraction of sp³-hybridized carbons (Fsp3) is 0.267. The van der Waals surface area contributed by atoms with E-state index < -0.39 is 0 Å². The number of nitrogens with two attached hydrogens (primary N) is 1. The Morgan fingerprint density at radius 1 is 1.26 bits per heavy atom. The van der Waals surface area contributed by atoms with Crippen LogP contribution in [0.2, 0.25) is 0 Å². The first-order chi connectivity index (χ1) is 9.06. The number of aromatic nitrogens is 2. The Bertz CT molecular complexity index is 632. The average Bonchev–Trinajstić information content (AvgIpc) is 2.38. The van der Waals surface area contributed by atoms with Crippen molar-refractivity contribution in [2.24, 2.45) is 0 Å². The molecule has 2 rings (SSSR count). The molecule has 0 aliphatic heterocycles. The number of nitrogen functional groups attached to an aromatic ring is 1. The topological polar surface area (TPSA) is 75.7 Å². The second kappa shape index (κ2) is 5.18. The van der Waals surface area contributed by atoms with Gasteiger partial charge in [-0.05, 0) is 43.0 Å². The minimum absolute atomic E-state index is 0.297. The Balaban J connectivity index is 2.65. The van der Waals surface area contributed by atoms with Crippen LogP contribution in [0.3, 0.4) is 0 Å². The summed E-state index contributed by atoms with van der Waals surface area (Å²) in [5.41, 5.74) is 11.6.